The van der Waals surface area contributed by atoms with Crippen molar-refractivity contribution >= 4 is 5.97 Å². The molecule has 1 atom stereocenters. The third-order valence-electron chi connectivity index (χ3n) is 2.94. The number of carbonyl (C=O) groups is 1. The Kier molecular flexibility index (Phi) is 3.19. The van der Waals surface area contributed by atoms with Gasteiger partial charge >= 0.3 is 5.97 Å². The Morgan fingerprint density at radius 3 is 3.06 bits per heavy atom. The molecule has 6 heteroatoms. The second kappa shape index (κ2) is 4.61. The fourth-order valence-electron chi connectivity index (χ4n) is 2.11. The molecule has 2 rings (SSSR count). The van der Waals surface area contributed by atoms with E-state index in [-0.39, 0.29) is 11.9 Å². The summed E-state index contributed by atoms with van der Waals surface area (Å²) in [5.74, 6) is -0.968. The zero-order chi connectivity index (χ0) is 11.5. The molecule has 0 spiro atoms. The van der Waals surface area contributed by atoms with Gasteiger partial charge in [-0.15, -0.1) is 0 Å². The highest BCUT2D eigenvalue weighted by atomic mass is 16.5. The number of carboxylic acids is 1. The summed E-state index contributed by atoms with van der Waals surface area (Å²) in [6.45, 7) is 3.99. The maximum Gasteiger partial charge on any atom is 0.377 e. The van der Waals surface area contributed by atoms with Crippen molar-refractivity contribution in [1.82, 2.24) is 15.0 Å². The van der Waals surface area contributed by atoms with Gasteiger partial charge in [-0.05, 0) is 31.1 Å². The van der Waals surface area contributed by atoms with Gasteiger partial charge in [0.05, 0.1) is 6.04 Å². The molecule has 16 heavy (non-hydrogen) atoms. The molecule has 88 valence electrons. The molecule has 1 aromatic heterocycles. The average Bonchev–Trinajstić information content (AvgIpc) is 2.78. The van der Waals surface area contributed by atoms with Crippen LogP contribution in [0, 0.1) is 0 Å². The van der Waals surface area contributed by atoms with Crippen molar-refractivity contribution in [1.29, 1.82) is 0 Å². The summed E-state index contributed by atoms with van der Waals surface area (Å²) in [6.07, 6.45) is 3.24. The molecule has 0 amide bonds. The Morgan fingerprint density at radius 1 is 1.62 bits per heavy atom. The second-order valence-corrected chi connectivity index (χ2v) is 3.90. The summed E-state index contributed by atoms with van der Waals surface area (Å²) >= 11 is 0. The third kappa shape index (κ3) is 2.06. The Labute approximate surface area is 93.2 Å². The van der Waals surface area contributed by atoms with Crippen molar-refractivity contribution in [3.05, 3.63) is 11.7 Å². The van der Waals surface area contributed by atoms with Crippen LogP contribution in [0.2, 0.25) is 0 Å². The van der Waals surface area contributed by atoms with Gasteiger partial charge in [-0.3, -0.25) is 4.90 Å². The highest BCUT2D eigenvalue weighted by Gasteiger charge is 2.28. The number of rotatable bonds is 3. The van der Waals surface area contributed by atoms with E-state index in [1.807, 2.05) is 0 Å². The smallest absolute Gasteiger partial charge is 0.377 e. The molecule has 6 nitrogen and oxygen atoms in total. The van der Waals surface area contributed by atoms with Gasteiger partial charge in [-0.1, -0.05) is 13.3 Å². The van der Waals surface area contributed by atoms with Crippen molar-refractivity contribution in [2.45, 2.75) is 32.2 Å². The number of likely N-dealkylation sites (tertiary alicyclic amines) is 1. The van der Waals surface area contributed by atoms with E-state index in [4.69, 9.17) is 9.63 Å². The predicted molar refractivity (Wildman–Crippen MR) is 55.1 cm³/mol. The minimum absolute atomic E-state index is 0.0827. The molecule has 0 radical (unpaired) electrons. The molecule has 0 aliphatic carbocycles. The molecule has 1 aliphatic rings. The van der Waals surface area contributed by atoms with Crippen LogP contribution in [-0.2, 0) is 0 Å². The first-order valence-electron chi connectivity index (χ1n) is 5.53. The molecular formula is C10H15N3O3. The number of aromatic nitrogens is 2. The van der Waals surface area contributed by atoms with Crippen molar-refractivity contribution in [2.75, 3.05) is 13.1 Å². The fourth-order valence-corrected chi connectivity index (χ4v) is 2.11. The Morgan fingerprint density at radius 2 is 2.44 bits per heavy atom. The van der Waals surface area contributed by atoms with E-state index in [9.17, 15) is 4.79 Å². The molecule has 0 saturated carbocycles. The Balaban J connectivity index is 2.17. The van der Waals surface area contributed by atoms with Gasteiger partial charge in [0.1, 0.15) is 0 Å². The van der Waals surface area contributed by atoms with E-state index in [0.29, 0.717) is 5.89 Å². The molecular weight excluding hydrogens is 210 g/mol. The molecule has 1 fully saturated rings. The fraction of sp³-hybridized carbons (Fsp3) is 0.700. The van der Waals surface area contributed by atoms with E-state index in [1.165, 1.54) is 6.42 Å². The van der Waals surface area contributed by atoms with Crippen LogP contribution in [0.1, 0.15) is 48.7 Å². The van der Waals surface area contributed by atoms with Crippen LogP contribution < -0.4 is 0 Å². The topological polar surface area (TPSA) is 79.5 Å². The standard InChI is InChI=1S/C10H15N3O3/c1-2-13-6-4-3-5-7(13)9-11-8(10(14)15)12-16-9/h7H,2-6H2,1H3,(H,14,15). The first-order chi connectivity index (χ1) is 7.72. The normalized spacial score (nSPS) is 22.2. The number of carboxylic acid groups (broad SMARTS) is 1. The van der Waals surface area contributed by atoms with E-state index in [2.05, 4.69) is 22.0 Å². The highest BCUT2D eigenvalue weighted by molar-refractivity contribution is 5.82. The molecule has 0 bridgehead atoms. The minimum atomic E-state index is -1.14. The average molecular weight is 225 g/mol. The summed E-state index contributed by atoms with van der Waals surface area (Å²) in [7, 11) is 0. The summed E-state index contributed by atoms with van der Waals surface area (Å²) in [5, 5.41) is 12.2. The number of aromatic carboxylic acids is 1. The van der Waals surface area contributed by atoms with Gasteiger partial charge in [0.15, 0.2) is 0 Å². The van der Waals surface area contributed by atoms with E-state index >= 15 is 0 Å². The molecule has 1 N–H and O–H groups in total. The summed E-state index contributed by atoms with van der Waals surface area (Å²) in [6, 6.07) is 0.0827. The number of nitrogens with zero attached hydrogens (tertiary/aromatic N) is 3. The first-order valence-corrected chi connectivity index (χ1v) is 5.53. The van der Waals surface area contributed by atoms with Crippen LogP contribution in [0.15, 0.2) is 4.52 Å². The number of hydrogen-bond donors (Lipinski definition) is 1. The van der Waals surface area contributed by atoms with E-state index < -0.39 is 5.97 Å². The molecule has 1 aromatic rings. The van der Waals surface area contributed by atoms with Gasteiger partial charge in [0.2, 0.25) is 5.89 Å². The molecule has 1 saturated heterocycles. The quantitative estimate of drug-likeness (QED) is 0.835. The second-order valence-electron chi connectivity index (χ2n) is 3.90. The largest absolute Gasteiger partial charge is 0.475 e. The van der Waals surface area contributed by atoms with Crippen LogP contribution in [-0.4, -0.2) is 39.2 Å². The van der Waals surface area contributed by atoms with Gasteiger partial charge < -0.3 is 9.63 Å². The van der Waals surface area contributed by atoms with E-state index in [0.717, 1.165) is 25.9 Å². The molecule has 0 aromatic carbocycles. The zero-order valence-electron chi connectivity index (χ0n) is 9.22. The van der Waals surface area contributed by atoms with E-state index in [1.54, 1.807) is 0 Å². The maximum absolute atomic E-state index is 10.6. The van der Waals surface area contributed by atoms with Gasteiger partial charge in [0.25, 0.3) is 5.82 Å². The summed E-state index contributed by atoms with van der Waals surface area (Å²) in [5.41, 5.74) is 0. The minimum Gasteiger partial charge on any atom is -0.475 e. The van der Waals surface area contributed by atoms with Crippen molar-refractivity contribution in [3.63, 3.8) is 0 Å². The van der Waals surface area contributed by atoms with Crippen LogP contribution >= 0.6 is 0 Å². The molecule has 1 aliphatic heterocycles. The number of piperidine rings is 1. The van der Waals surface area contributed by atoms with Gasteiger partial charge in [-0.2, -0.15) is 4.98 Å². The lowest BCUT2D eigenvalue weighted by Gasteiger charge is -2.32. The lowest BCUT2D eigenvalue weighted by molar-refractivity contribution is 0.0680. The predicted octanol–water partition coefficient (Wildman–Crippen LogP) is 1.31. The van der Waals surface area contributed by atoms with Crippen molar-refractivity contribution in [3.8, 4) is 0 Å². The summed E-state index contributed by atoms with van der Waals surface area (Å²) < 4.78 is 5.01. The Bertz CT molecular complexity index is 377. The monoisotopic (exact) mass is 225 g/mol. The summed E-state index contributed by atoms with van der Waals surface area (Å²) in [4.78, 5) is 16.8. The van der Waals surface area contributed by atoms with Crippen LogP contribution in [0.4, 0.5) is 0 Å². The maximum atomic E-state index is 10.6. The van der Waals surface area contributed by atoms with Crippen molar-refractivity contribution in [2.24, 2.45) is 0 Å². The lowest BCUT2D eigenvalue weighted by atomic mass is 10.0. The molecule has 2 heterocycles. The highest BCUT2D eigenvalue weighted by Crippen LogP contribution is 2.29. The van der Waals surface area contributed by atoms with Crippen LogP contribution in [0.25, 0.3) is 0 Å². The third-order valence-corrected chi connectivity index (χ3v) is 2.94. The van der Waals surface area contributed by atoms with Crippen molar-refractivity contribution < 1.29 is 14.4 Å². The van der Waals surface area contributed by atoms with Crippen LogP contribution in [0.3, 0.4) is 0 Å². The van der Waals surface area contributed by atoms with Gasteiger partial charge in [0, 0.05) is 0 Å². The molecule has 1 unspecified atom stereocenters. The number of hydrogen-bond acceptors (Lipinski definition) is 5. The van der Waals surface area contributed by atoms with Crippen LogP contribution in [0.5, 0.6) is 0 Å². The zero-order valence-corrected chi connectivity index (χ0v) is 9.22. The van der Waals surface area contributed by atoms with Gasteiger partial charge in [-0.25, -0.2) is 4.79 Å². The Hall–Kier alpha value is -1.43. The lowest BCUT2D eigenvalue weighted by Crippen LogP contribution is -2.33. The first kappa shape index (κ1) is 11.1. The SMILES string of the molecule is CCN1CCCCC1c1nc(C(=O)O)no1.